The first-order valence-electron chi connectivity index (χ1n) is 33.4. The maximum Gasteiger partial charge on any atom is 0.276 e. The van der Waals surface area contributed by atoms with Gasteiger partial charge < -0.3 is 43.9 Å². The number of pyridine rings is 3. The lowest BCUT2D eigenvalue weighted by Crippen LogP contribution is -2.52. The van der Waals surface area contributed by atoms with Crippen molar-refractivity contribution < 1.29 is 57.5 Å². The molecular weight excluding hydrogens is 1640 g/mol. The zero-order chi connectivity index (χ0) is 79.9. The van der Waals surface area contributed by atoms with Crippen molar-refractivity contribution in [3.63, 3.8) is 0 Å². The van der Waals surface area contributed by atoms with E-state index in [4.69, 9.17) is 57.7 Å². The Morgan fingerprint density at radius 3 is 1.17 bits per heavy atom. The van der Waals surface area contributed by atoms with Crippen molar-refractivity contribution in [1.29, 1.82) is 0 Å². The number of ketones is 1. The quantitative estimate of drug-likeness (QED) is 0.0428. The number of fused-ring (bicyclic) bond motifs is 6. The van der Waals surface area contributed by atoms with Gasteiger partial charge in [0, 0.05) is 77.1 Å². The van der Waals surface area contributed by atoms with Crippen molar-refractivity contribution >= 4 is 155 Å². The van der Waals surface area contributed by atoms with Crippen molar-refractivity contribution in [1.82, 2.24) is 64.3 Å². The minimum atomic E-state index is -1.50. The Labute approximate surface area is 658 Å². The van der Waals surface area contributed by atoms with E-state index in [1.807, 2.05) is 0 Å². The van der Waals surface area contributed by atoms with E-state index in [-0.39, 0.29) is 140 Å². The monoisotopic (exact) mass is 1690 g/mol. The van der Waals surface area contributed by atoms with Gasteiger partial charge in [-0.2, -0.15) is 0 Å². The van der Waals surface area contributed by atoms with Gasteiger partial charge in [-0.25, -0.2) is 19.9 Å². The summed E-state index contributed by atoms with van der Waals surface area (Å²) in [5.41, 5.74) is 20.2. The third kappa shape index (κ3) is 16.2. The van der Waals surface area contributed by atoms with Gasteiger partial charge in [0.25, 0.3) is 81.7 Å². The van der Waals surface area contributed by atoms with E-state index in [1.54, 1.807) is 122 Å². The number of nitrogens with zero attached hydrogens (tertiary/aromatic N) is 10. The van der Waals surface area contributed by atoms with E-state index < -0.39 is 93.0 Å². The molecule has 0 spiro atoms. The molecule has 0 aliphatic carbocycles. The lowest BCUT2D eigenvalue weighted by atomic mass is 10.0. The summed E-state index contributed by atoms with van der Waals surface area (Å²) < 4.78 is 2.91. The molecule has 6 aliphatic rings. The van der Waals surface area contributed by atoms with Crippen LogP contribution in [0.4, 0.5) is 17.3 Å². The number of rotatable bonds is 19. The van der Waals surface area contributed by atoms with Crippen molar-refractivity contribution in [3.05, 3.63) is 269 Å². The third-order valence-electron chi connectivity index (χ3n) is 18.2. The number of halogens is 5. The molecule has 568 valence electrons. The largest absolute Gasteiger partial charge is 0.384 e. The van der Waals surface area contributed by atoms with E-state index >= 15 is 0 Å². The lowest BCUT2D eigenvalue weighted by molar-refractivity contribution is -0.119. The van der Waals surface area contributed by atoms with E-state index in [0.717, 1.165) is 19.6 Å². The Morgan fingerprint density at radius 1 is 0.459 bits per heavy atom. The highest BCUT2D eigenvalue weighted by Crippen LogP contribution is 2.38. The topological polar surface area (TPSA) is 486 Å². The molecule has 33 nitrogen and oxygen atoms in total. The highest BCUT2D eigenvalue weighted by atomic mass is 79.9. The molecule has 38 heteroatoms. The Bertz CT molecular complexity index is 5250. The molecular formula is C73H61Br2Cl3N18O15. The van der Waals surface area contributed by atoms with Crippen molar-refractivity contribution in [2.45, 2.75) is 49.9 Å². The number of imide groups is 4. The van der Waals surface area contributed by atoms with Crippen molar-refractivity contribution in [2.24, 2.45) is 17.2 Å². The number of primary amides is 1. The maximum absolute atomic E-state index is 13.4. The van der Waals surface area contributed by atoms with Crippen LogP contribution in [0.5, 0.6) is 0 Å². The summed E-state index contributed by atoms with van der Waals surface area (Å²) in [7, 11) is 0. The number of H-pyrrole nitrogens is 1. The zero-order valence-electron chi connectivity index (χ0n) is 57.7. The van der Waals surface area contributed by atoms with E-state index in [1.165, 1.54) is 40.0 Å². The number of nitrogens with one attached hydrogen (secondary N) is 4. The highest BCUT2D eigenvalue weighted by Gasteiger charge is 2.49. The third-order valence-corrected chi connectivity index (χ3v) is 20.3. The predicted octanol–water partition coefficient (Wildman–Crippen LogP) is 6.04. The highest BCUT2D eigenvalue weighted by molar-refractivity contribution is 9.10. The molecule has 12 N–H and O–H groups in total. The van der Waals surface area contributed by atoms with Crippen molar-refractivity contribution in [2.75, 3.05) is 50.3 Å². The zero-order valence-corrected chi connectivity index (χ0v) is 63.2. The van der Waals surface area contributed by atoms with Gasteiger partial charge in [-0.3, -0.25) is 101 Å². The minimum Gasteiger partial charge on any atom is -0.384 e. The fourth-order valence-corrected chi connectivity index (χ4v) is 14.8. The van der Waals surface area contributed by atoms with E-state index in [2.05, 4.69) is 72.7 Å². The summed E-state index contributed by atoms with van der Waals surface area (Å²) in [5.74, 6) is -4.69. The fraction of sp³-hybridized carbons (Fsp3) is 0.192. The van der Waals surface area contributed by atoms with Crippen LogP contribution in [-0.2, 0) is 16.1 Å². The molecule has 0 radical (unpaired) electrons. The van der Waals surface area contributed by atoms with Crippen LogP contribution < -0.4 is 55.6 Å². The molecule has 0 fully saturated rings. The summed E-state index contributed by atoms with van der Waals surface area (Å²) in [6.07, 6.45) is 6.43. The van der Waals surface area contributed by atoms with Gasteiger partial charge in [0.1, 0.15) is 64.2 Å². The van der Waals surface area contributed by atoms with Crippen LogP contribution in [0.3, 0.4) is 0 Å². The Kier molecular flexibility index (Phi) is 24.3. The second-order valence-corrected chi connectivity index (χ2v) is 27.9. The van der Waals surface area contributed by atoms with Gasteiger partial charge in [-0.05, 0) is 124 Å². The van der Waals surface area contributed by atoms with E-state index in [9.17, 15) is 71.9 Å². The molecule has 15 rings (SSSR count). The Morgan fingerprint density at radius 2 is 0.820 bits per heavy atom. The van der Waals surface area contributed by atoms with E-state index in [0.29, 0.717) is 46.7 Å². The molecule has 0 bridgehead atoms. The summed E-state index contributed by atoms with van der Waals surface area (Å²) in [5, 5.41) is 8.85. The van der Waals surface area contributed by atoms with Crippen LogP contribution in [-0.4, -0.2) is 164 Å². The first kappa shape index (κ1) is 79.9. The second kappa shape index (κ2) is 33.8. The lowest BCUT2D eigenvalue weighted by Gasteiger charge is -2.34. The Hall–Kier alpha value is -12.1. The SMILES string of the molecule is NC(=O)c1[nH]c(=O)c(Br)cc1Cl.NCCC1(CCN)NC(=O)c2c(Cl)cc(Nc3ccncn3)c(=O)n21.Nc1ccncn1.O=C(CCN1C(=O)c2ccccc2C1=O)CCN1C(=O)c2ccccc2C1=O.O=C1NC(CCN2C(=O)c3ccccc3C2=O)(CCN2C(=O)c3ccccc3C2=O)n2c1c(Cl)cc(Br)c2=O. The smallest absolute Gasteiger partial charge is 0.276 e. The molecule has 5 aromatic heterocycles. The number of carbonyl (C=O) groups is 12. The van der Waals surface area contributed by atoms with Crippen LogP contribution in [0.1, 0.15) is 153 Å². The minimum absolute atomic E-state index is 0.0160. The molecule has 6 aliphatic heterocycles. The number of benzene rings is 4. The summed E-state index contributed by atoms with van der Waals surface area (Å²) in [6, 6.07) is 33.2. The summed E-state index contributed by atoms with van der Waals surface area (Å²) in [6.45, 7) is 0.205. The normalized spacial score (nSPS) is 14.8. The van der Waals surface area contributed by atoms with Crippen LogP contribution >= 0.6 is 66.7 Å². The second-order valence-electron chi connectivity index (χ2n) is 24.9. The van der Waals surface area contributed by atoms with Gasteiger partial charge in [-0.1, -0.05) is 83.3 Å². The first-order chi connectivity index (χ1) is 53.1. The van der Waals surface area contributed by atoms with Crippen LogP contribution in [0.25, 0.3) is 0 Å². The molecule has 11 heterocycles. The average Bonchev–Trinajstić information content (AvgIpc) is 1.59. The standard InChI is InChI=1S/C27H18BrClN4O6.C21H16N2O5.C15H18ClN7O2.C6H4BrClN2O2.C4H5N3/c28-18-13-19(29)20-21(34)30-27(33(20)26(18)39,9-11-31-22(35)14-5-1-2-6-15(14)23(31)36)10-12-32-24(37)16-7-3-4-8-17(16)25(32)38;24-13(9-11-22-18(25)14-5-1-2-6-15(14)19(22)26)10-12-23-20(27)16-7-3-4-8-17(16)21(23)28;16-9-7-10(21-11-1-6-19-8-20-11)14(25)23-12(9)13(24)22-15(23,2-4-17)3-5-18;7-2-1-3(8)4(5(9)11)10-6(2)12;5-4-1-2-6-3-7-4/h1-8,13H,9-12H2,(H,30,34);1-8H,9-12H2;1,6-8H,2-5,17-18H2,(H,22,24)(H,19,20,21);1H,(H2,9,11)(H,10,12);1-3H,(H2,5,6,7). The van der Waals surface area contributed by atoms with Crippen LogP contribution in [0.2, 0.25) is 15.1 Å². The number of nitrogen functional groups attached to an aromatic ring is 1. The number of amides is 11. The molecule has 0 saturated heterocycles. The maximum atomic E-state index is 13.4. The molecule has 111 heavy (non-hydrogen) atoms. The van der Waals surface area contributed by atoms with Gasteiger partial charge in [-0.15, -0.1) is 0 Å². The number of anilines is 3. The van der Waals surface area contributed by atoms with Crippen LogP contribution in [0.15, 0.2) is 176 Å². The summed E-state index contributed by atoms with van der Waals surface area (Å²) in [4.78, 5) is 209. The predicted molar refractivity (Wildman–Crippen MR) is 408 cm³/mol. The number of aromatic amines is 1. The van der Waals surface area contributed by atoms with Gasteiger partial charge >= 0.3 is 0 Å². The molecule has 0 saturated carbocycles. The number of nitrogens with two attached hydrogens (primary N) is 4. The number of hydrogen-bond donors (Lipinski definition) is 8. The van der Waals surface area contributed by atoms with Gasteiger partial charge in [0.2, 0.25) is 0 Å². The fourth-order valence-electron chi connectivity index (χ4n) is 13.0. The molecule has 0 unspecified atom stereocenters. The number of carbonyl (C=O) groups excluding carboxylic acids is 12. The number of aromatic nitrogens is 7. The van der Waals surface area contributed by atoms with Crippen LogP contribution in [0, 0.1) is 0 Å². The molecule has 4 aromatic carbocycles. The van der Waals surface area contributed by atoms with Gasteiger partial charge in [0.05, 0.1) is 68.5 Å². The molecule has 0 atom stereocenters. The molecule has 9 aromatic rings. The number of Topliss-reactive ketones (excluding diaryl/α,β-unsaturated/α-hetero) is 1. The number of hydrogen-bond acceptors (Lipinski definition) is 23. The van der Waals surface area contributed by atoms with Crippen molar-refractivity contribution in [3.8, 4) is 0 Å². The first-order valence-corrected chi connectivity index (χ1v) is 36.2. The Balaban J connectivity index is 0.000000150. The molecule has 11 amide bonds. The average molecular weight is 1700 g/mol. The summed E-state index contributed by atoms with van der Waals surface area (Å²) >= 11 is 24.4. The van der Waals surface area contributed by atoms with Gasteiger partial charge in [0.15, 0.2) is 0 Å².